The average molecular weight is 493 g/mol. The van der Waals surface area contributed by atoms with Gasteiger partial charge in [-0.3, -0.25) is 10.1 Å². The van der Waals surface area contributed by atoms with Gasteiger partial charge in [-0.15, -0.1) is 0 Å². The predicted octanol–water partition coefficient (Wildman–Crippen LogP) is 5.88. The Labute approximate surface area is 206 Å². The van der Waals surface area contributed by atoms with Gasteiger partial charge in [0, 0.05) is 22.2 Å². The van der Waals surface area contributed by atoms with Crippen molar-refractivity contribution in [3.05, 3.63) is 104 Å². The smallest absolute Gasteiger partial charge is 0.363 e. The van der Waals surface area contributed by atoms with Gasteiger partial charge in [0.05, 0.1) is 11.5 Å². The van der Waals surface area contributed by atoms with E-state index in [0.717, 1.165) is 5.56 Å². The van der Waals surface area contributed by atoms with Crippen LogP contribution < -0.4 is 9.47 Å². The summed E-state index contributed by atoms with van der Waals surface area (Å²) >= 11 is 5.93. The zero-order valence-corrected chi connectivity index (χ0v) is 19.7. The molecule has 0 aliphatic carbocycles. The lowest BCUT2D eigenvalue weighted by molar-refractivity contribution is -0.385. The van der Waals surface area contributed by atoms with Crippen molar-refractivity contribution < 1.29 is 23.9 Å². The van der Waals surface area contributed by atoms with Gasteiger partial charge >= 0.3 is 5.97 Å². The SMILES string of the molecule is CCOc1cc(/C=C2\N=C(c3ccc([N+](=O)[O-])c(C)c3)OC2=O)ccc1OCc1ccc(Cl)cc1. The molecule has 0 amide bonds. The number of nitrogens with zero attached hydrogens (tertiary/aromatic N) is 2. The molecule has 178 valence electrons. The monoisotopic (exact) mass is 492 g/mol. The fourth-order valence-corrected chi connectivity index (χ4v) is 3.55. The van der Waals surface area contributed by atoms with Crippen LogP contribution in [0.5, 0.6) is 11.5 Å². The summed E-state index contributed by atoms with van der Waals surface area (Å²) in [5.74, 6) is 0.560. The van der Waals surface area contributed by atoms with E-state index >= 15 is 0 Å². The van der Waals surface area contributed by atoms with Crippen molar-refractivity contribution in [2.24, 2.45) is 4.99 Å². The van der Waals surface area contributed by atoms with Crippen LogP contribution in [0.3, 0.4) is 0 Å². The van der Waals surface area contributed by atoms with Gasteiger partial charge < -0.3 is 14.2 Å². The lowest BCUT2D eigenvalue weighted by Crippen LogP contribution is -2.06. The topological polar surface area (TPSA) is 100 Å². The molecule has 0 radical (unpaired) electrons. The lowest BCUT2D eigenvalue weighted by atomic mass is 10.1. The number of nitro groups is 1. The number of carbonyl (C=O) groups is 1. The van der Waals surface area contributed by atoms with E-state index in [-0.39, 0.29) is 17.3 Å². The molecule has 0 saturated carbocycles. The predicted molar refractivity (Wildman–Crippen MR) is 132 cm³/mol. The third kappa shape index (κ3) is 5.67. The Morgan fingerprint density at radius 2 is 1.83 bits per heavy atom. The van der Waals surface area contributed by atoms with E-state index in [0.29, 0.717) is 46.4 Å². The lowest BCUT2D eigenvalue weighted by Gasteiger charge is -2.13. The van der Waals surface area contributed by atoms with E-state index in [9.17, 15) is 14.9 Å². The largest absolute Gasteiger partial charge is 0.490 e. The van der Waals surface area contributed by atoms with Crippen molar-refractivity contribution in [3.8, 4) is 11.5 Å². The highest BCUT2D eigenvalue weighted by Crippen LogP contribution is 2.31. The molecule has 9 heteroatoms. The van der Waals surface area contributed by atoms with Crippen LogP contribution in [-0.2, 0) is 16.1 Å². The number of aryl methyl sites for hydroxylation is 1. The molecule has 0 fully saturated rings. The molecule has 4 rings (SSSR count). The maximum atomic E-state index is 12.4. The number of hydrogen-bond acceptors (Lipinski definition) is 7. The van der Waals surface area contributed by atoms with Gasteiger partial charge in [0.2, 0.25) is 5.90 Å². The number of benzene rings is 3. The van der Waals surface area contributed by atoms with Crippen LogP contribution in [0.1, 0.15) is 29.2 Å². The summed E-state index contributed by atoms with van der Waals surface area (Å²) in [6, 6.07) is 17.1. The Morgan fingerprint density at radius 3 is 2.51 bits per heavy atom. The molecule has 0 aromatic heterocycles. The summed E-state index contributed by atoms with van der Waals surface area (Å²) in [6.45, 7) is 4.25. The summed E-state index contributed by atoms with van der Waals surface area (Å²) < 4.78 is 16.9. The molecule has 0 saturated heterocycles. The van der Waals surface area contributed by atoms with Crippen LogP contribution in [0.2, 0.25) is 5.02 Å². The van der Waals surface area contributed by atoms with E-state index in [1.54, 1.807) is 49.4 Å². The van der Waals surface area contributed by atoms with Gasteiger partial charge in [0.15, 0.2) is 17.2 Å². The average Bonchev–Trinajstić information content (AvgIpc) is 3.19. The molecule has 8 nitrogen and oxygen atoms in total. The maximum absolute atomic E-state index is 12.4. The van der Waals surface area contributed by atoms with Crippen LogP contribution in [-0.4, -0.2) is 23.4 Å². The molecule has 0 N–H and O–H groups in total. The third-order valence-electron chi connectivity index (χ3n) is 5.14. The Morgan fingerprint density at radius 1 is 1.06 bits per heavy atom. The second kappa shape index (κ2) is 10.4. The van der Waals surface area contributed by atoms with E-state index in [2.05, 4.69) is 4.99 Å². The van der Waals surface area contributed by atoms with Gasteiger partial charge in [-0.1, -0.05) is 29.8 Å². The molecule has 3 aromatic carbocycles. The Balaban J connectivity index is 1.56. The highest BCUT2D eigenvalue weighted by Gasteiger charge is 2.25. The van der Waals surface area contributed by atoms with Gasteiger partial charge in [0.25, 0.3) is 5.69 Å². The van der Waals surface area contributed by atoms with Crippen molar-refractivity contribution in [3.63, 3.8) is 0 Å². The number of rotatable bonds is 8. The molecule has 0 atom stereocenters. The van der Waals surface area contributed by atoms with Crippen LogP contribution >= 0.6 is 11.6 Å². The first-order chi connectivity index (χ1) is 16.8. The molecule has 35 heavy (non-hydrogen) atoms. The number of aliphatic imine (C=N–C) groups is 1. The number of halogens is 1. The van der Waals surface area contributed by atoms with Crippen LogP contribution in [0, 0.1) is 17.0 Å². The highest BCUT2D eigenvalue weighted by atomic mass is 35.5. The highest BCUT2D eigenvalue weighted by molar-refractivity contribution is 6.30. The summed E-state index contributed by atoms with van der Waals surface area (Å²) in [4.78, 5) is 27.3. The maximum Gasteiger partial charge on any atom is 0.363 e. The van der Waals surface area contributed by atoms with Crippen molar-refractivity contribution in [1.82, 2.24) is 0 Å². The van der Waals surface area contributed by atoms with Crippen molar-refractivity contribution in [1.29, 1.82) is 0 Å². The third-order valence-corrected chi connectivity index (χ3v) is 5.39. The fourth-order valence-electron chi connectivity index (χ4n) is 3.43. The number of cyclic esters (lactones) is 1. The molecule has 0 spiro atoms. The van der Waals surface area contributed by atoms with Crippen molar-refractivity contribution >= 4 is 35.2 Å². The minimum atomic E-state index is -0.614. The van der Waals surface area contributed by atoms with Crippen LogP contribution in [0.15, 0.2) is 71.4 Å². The first-order valence-corrected chi connectivity index (χ1v) is 11.1. The second-order valence-electron chi connectivity index (χ2n) is 7.65. The molecular weight excluding hydrogens is 472 g/mol. The zero-order chi connectivity index (χ0) is 24.9. The molecule has 1 heterocycles. The van der Waals surface area contributed by atoms with Gasteiger partial charge in [-0.25, -0.2) is 9.79 Å². The number of carbonyl (C=O) groups excluding carboxylic acids is 1. The summed E-state index contributed by atoms with van der Waals surface area (Å²) in [7, 11) is 0. The quantitative estimate of drug-likeness (QED) is 0.168. The van der Waals surface area contributed by atoms with Gasteiger partial charge in [-0.2, -0.15) is 0 Å². The molecule has 1 aliphatic rings. The van der Waals surface area contributed by atoms with E-state index in [1.165, 1.54) is 12.1 Å². The fraction of sp³-hybridized carbons (Fsp3) is 0.154. The summed E-state index contributed by atoms with van der Waals surface area (Å²) in [6.07, 6.45) is 1.58. The van der Waals surface area contributed by atoms with E-state index in [1.807, 2.05) is 19.1 Å². The Kier molecular flexibility index (Phi) is 7.12. The molecule has 0 unspecified atom stereocenters. The molecule has 1 aliphatic heterocycles. The minimum absolute atomic E-state index is 0.0173. The molecule has 3 aromatic rings. The van der Waals surface area contributed by atoms with E-state index < -0.39 is 10.9 Å². The Hall–Kier alpha value is -4.17. The zero-order valence-electron chi connectivity index (χ0n) is 19.0. The number of nitro benzene ring substituents is 1. The summed E-state index contributed by atoms with van der Waals surface area (Å²) in [5, 5.41) is 11.7. The first-order valence-electron chi connectivity index (χ1n) is 10.8. The van der Waals surface area contributed by atoms with E-state index in [4.69, 9.17) is 25.8 Å². The second-order valence-corrected chi connectivity index (χ2v) is 8.09. The van der Waals surface area contributed by atoms with Gasteiger partial charge in [-0.05, 0) is 67.4 Å². The summed E-state index contributed by atoms with van der Waals surface area (Å²) in [5.41, 5.74) is 2.64. The first kappa shape index (κ1) is 24.0. The van der Waals surface area contributed by atoms with Gasteiger partial charge in [0.1, 0.15) is 6.61 Å². The van der Waals surface area contributed by atoms with Crippen LogP contribution in [0.25, 0.3) is 6.08 Å². The molecule has 0 bridgehead atoms. The molecular formula is C26H21ClN2O6. The Bertz CT molecular complexity index is 1350. The van der Waals surface area contributed by atoms with Crippen LogP contribution in [0.4, 0.5) is 5.69 Å². The number of ether oxygens (including phenoxy) is 3. The number of esters is 1. The number of hydrogen-bond donors (Lipinski definition) is 0. The normalized spacial score (nSPS) is 14.0. The standard InChI is InChI=1S/C26H21ClN2O6/c1-3-33-24-14-18(6-11-23(24)34-15-17-4-8-20(27)9-5-17)13-21-26(30)35-25(28-21)19-7-10-22(29(31)32)16(2)12-19/h4-14H,3,15H2,1-2H3/b21-13-. The van der Waals surface area contributed by atoms with Crippen molar-refractivity contribution in [2.45, 2.75) is 20.5 Å². The van der Waals surface area contributed by atoms with Crippen molar-refractivity contribution in [2.75, 3.05) is 6.61 Å². The minimum Gasteiger partial charge on any atom is -0.490 e.